The van der Waals surface area contributed by atoms with Gasteiger partial charge in [0.05, 0.1) is 31.6 Å². The van der Waals surface area contributed by atoms with Gasteiger partial charge in [-0.05, 0) is 25.3 Å². The van der Waals surface area contributed by atoms with Gasteiger partial charge in [-0.1, -0.05) is 0 Å². The predicted octanol–water partition coefficient (Wildman–Crippen LogP) is -0.320. The molecule has 126 valence electrons. The maximum absolute atomic E-state index is 12.1. The van der Waals surface area contributed by atoms with Crippen LogP contribution >= 0.6 is 0 Å². The minimum Gasteiger partial charge on any atom is -0.378 e. The summed E-state index contributed by atoms with van der Waals surface area (Å²) < 4.78 is 6.78. The number of aromatic nitrogens is 2. The van der Waals surface area contributed by atoms with Crippen LogP contribution in [0.25, 0.3) is 0 Å². The van der Waals surface area contributed by atoms with Crippen LogP contribution in [0.4, 0.5) is 5.69 Å². The molecule has 0 aromatic carbocycles. The van der Waals surface area contributed by atoms with E-state index in [1.165, 1.54) is 12.8 Å². The van der Waals surface area contributed by atoms with Crippen LogP contribution < -0.4 is 10.6 Å². The van der Waals surface area contributed by atoms with Gasteiger partial charge < -0.3 is 20.3 Å². The molecular formula is C15H23N5O3. The van der Waals surface area contributed by atoms with Gasteiger partial charge >= 0.3 is 0 Å². The minimum absolute atomic E-state index is 0.0142. The lowest BCUT2D eigenvalue weighted by Gasteiger charge is -2.26. The number of nitrogens with one attached hydrogen (secondary N) is 2. The molecule has 23 heavy (non-hydrogen) atoms. The van der Waals surface area contributed by atoms with Crippen LogP contribution in [0, 0.1) is 5.92 Å². The van der Waals surface area contributed by atoms with E-state index in [4.69, 9.17) is 4.74 Å². The van der Waals surface area contributed by atoms with Crippen molar-refractivity contribution in [3.63, 3.8) is 0 Å². The molecule has 8 heteroatoms. The number of amides is 2. The average molecular weight is 321 g/mol. The Hall–Kier alpha value is -1.93. The second kappa shape index (κ2) is 7.56. The zero-order chi connectivity index (χ0) is 16.1. The van der Waals surface area contributed by atoms with Gasteiger partial charge in [-0.25, -0.2) is 0 Å². The van der Waals surface area contributed by atoms with E-state index in [1.807, 2.05) is 0 Å². The molecule has 0 unspecified atom stereocenters. The molecule has 2 amide bonds. The third-order valence-electron chi connectivity index (χ3n) is 3.99. The summed E-state index contributed by atoms with van der Waals surface area (Å²) in [6.45, 7) is 3.79. The first kappa shape index (κ1) is 15.9. The normalized spacial score (nSPS) is 18.0. The molecule has 1 aromatic rings. The predicted molar refractivity (Wildman–Crippen MR) is 83.8 cm³/mol. The average Bonchev–Trinajstić information content (AvgIpc) is 3.28. The summed E-state index contributed by atoms with van der Waals surface area (Å²) in [6.07, 6.45) is 5.76. The summed E-state index contributed by atoms with van der Waals surface area (Å²) in [6, 6.07) is 0. The van der Waals surface area contributed by atoms with Crippen LogP contribution in [0.15, 0.2) is 12.4 Å². The molecule has 3 rings (SSSR count). The Morgan fingerprint density at radius 2 is 2.09 bits per heavy atom. The number of morpholine rings is 1. The van der Waals surface area contributed by atoms with Crippen LogP contribution in [0.1, 0.15) is 12.8 Å². The van der Waals surface area contributed by atoms with Crippen molar-refractivity contribution in [2.24, 2.45) is 5.92 Å². The highest BCUT2D eigenvalue weighted by molar-refractivity contribution is 5.92. The van der Waals surface area contributed by atoms with Gasteiger partial charge in [0.25, 0.3) is 0 Å². The van der Waals surface area contributed by atoms with E-state index in [9.17, 15) is 9.59 Å². The fourth-order valence-electron chi connectivity index (χ4n) is 2.48. The van der Waals surface area contributed by atoms with Crippen molar-refractivity contribution in [3.05, 3.63) is 12.4 Å². The first-order valence-electron chi connectivity index (χ1n) is 8.09. The second-order valence-electron chi connectivity index (χ2n) is 6.04. The Morgan fingerprint density at radius 1 is 1.30 bits per heavy atom. The SMILES string of the molecule is O=C(CNCC1CC1)Nc1cnn(CC(=O)N2CCOCC2)c1. The Labute approximate surface area is 135 Å². The molecule has 8 nitrogen and oxygen atoms in total. The molecule has 2 N–H and O–H groups in total. The zero-order valence-electron chi connectivity index (χ0n) is 13.2. The van der Waals surface area contributed by atoms with Crippen LogP contribution in [-0.4, -0.2) is 65.9 Å². The van der Waals surface area contributed by atoms with Gasteiger partial charge in [-0.3, -0.25) is 14.3 Å². The van der Waals surface area contributed by atoms with Gasteiger partial charge in [-0.15, -0.1) is 0 Å². The zero-order valence-corrected chi connectivity index (χ0v) is 13.2. The largest absolute Gasteiger partial charge is 0.378 e. The first-order valence-corrected chi connectivity index (χ1v) is 8.09. The number of carbonyl (C=O) groups excluding carboxylic acids is 2. The Kier molecular flexibility index (Phi) is 5.24. The topological polar surface area (TPSA) is 88.5 Å². The number of rotatable bonds is 7. The molecule has 0 radical (unpaired) electrons. The Balaban J connectivity index is 1.41. The number of ether oxygens (including phenoxy) is 1. The molecule has 1 aliphatic carbocycles. The van der Waals surface area contributed by atoms with Gasteiger partial charge in [0.15, 0.2) is 0 Å². The van der Waals surface area contributed by atoms with Crippen LogP contribution in [0.3, 0.4) is 0 Å². The highest BCUT2D eigenvalue weighted by Gasteiger charge is 2.20. The van der Waals surface area contributed by atoms with Gasteiger partial charge in [0, 0.05) is 19.3 Å². The molecule has 1 saturated carbocycles. The van der Waals surface area contributed by atoms with Crippen LogP contribution in [0.5, 0.6) is 0 Å². The number of hydrogen-bond acceptors (Lipinski definition) is 5. The molecule has 1 aliphatic heterocycles. The Bertz CT molecular complexity index is 549. The number of hydrogen-bond donors (Lipinski definition) is 2. The smallest absolute Gasteiger partial charge is 0.244 e. The highest BCUT2D eigenvalue weighted by Crippen LogP contribution is 2.27. The number of carbonyl (C=O) groups is 2. The van der Waals surface area contributed by atoms with E-state index in [-0.39, 0.29) is 18.4 Å². The molecule has 2 fully saturated rings. The first-order chi connectivity index (χ1) is 11.2. The lowest BCUT2D eigenvalue weighted by atomic mass is 10.4. The van der Waals surface area contributed by atoms with E-state index >= 15 is 0 Å². The monoisotopic (exact) mass is 321 g/mol. The summed E-state index contributed by atoms with van der Waals surface area (Å²) in [7, 11) is 0. The van der Waals surface area contributed by atoms with Crippen molar-refractivity contribution >= 4 is 17.5 Å². The van der Waals surface area contributed by atoms with Crippen molar-refractivity contribution in [2.45, 2.75) is 19.4 Å². The molecule has 2 aliphatic rings. The summed E-state index contributed by atoms with van der Waals surface area (Å²) in [4.78, 5) is 25.7. The quantitative estimate of drug-likeness (QED) is 0.718. The van der Waals surface area contributed by atoms with Crippen molar-refractivity contribution in [3.8, 4) is 0 Å². The third kappa shape index (κ3) is 5.04. The molecule has 2 heterocycles. The van der Waals surface area contributed by atoms with Crippen molar-refractivity contribution in [1.29, 1.82) is 0 Å². The van der Waals surface area contributed by atoms with Gasteiger partial charge in [-0.2, -0.15) is 5.10 Å². The molecule has 0 bridgehead atoms. The van der Waals surface area contributed by atoms with E-state index in [0.717, 1.165) is 12.5 Å². The molecule has 0 atom stereocenters. The molecular weight excluding hydrogens is 298 g/mol. The van der Waals surface area contributed by atoms with Gasteiger partial charge in [0.1, 0.15) is 6.54 Å². The number of anilines is 1. The van der Waals surface area contributed by atoms with E-state index in [1.54, 1.807) is 22.0 Å². The summed E-state index contributed by atoms with van der Waals surface area (Å²) >= 11 is 0. The summed E-state index contributed by atoms with van der Waals surface area (Å²) in [5.74, 6) is 0.668. The molecule has 0 spiro atoms. The second-order valence-corrected chi connectivity index (χ2v) is 6.04. The van der Waals surface area contributed by atoms with Gasteiger partial charge in [0.2, 0.25) is 11.8 Å². The van der Waals surface area contributed by atoms with Crippen molar-refractivity contribution < 1.29 is 14.3 Å². The highest BCUT2D eigenvalue weighted by atomic mass is 16.5. The fraction of sp³-hybridized carbons (Fsp3) is 0.667. The lowest BCUT2D eigenvalue weighted by Crippen LogP contribution is -2.42. The van der Waals surface area contributed by atoms with Crippen LogP contribution in [0.2, 0.25) is 0 Å². The standard InChI is InChI=1S/C15H23N5O3/c21-14(9-16-7-12-1-2-12)18-13-8-17-20(10-13)11-15(22)19-3-5-23-6-4-19/h8,10,12,16H,1-7,9,11H2,(H,18,21). The van der Waals surface area contributed by atoms with E-state index in [2.05, 4.69) is 15.7 Å². The Morgan fingerprint density at radius 3 is 2.83 bits per heavy atom. The summed E-state index contributed by atoms with van der Waals surface area (Å²) in [5.41, 5.74) is 0.609. The maximum atomic E-state index is 12.1. The van der Waals surface area contributed by atoms with Crippen molar-refractivity contribution in [2.75, 3.05) is 44.7 Å². The molecule has 1 aromatic heterocycles. The third-order valence-corrected chi connectivity index (χ3v) is 3.99. The van der Waals surface area contributed by atoms with Crippen LogP contribution in [-0.2, 0) is 20.9 Å². The lowest BCUT2D eigenvalue weighted by molar-refractivity contribution is -0.136. The van der Waals surface area contributed by atoms with E-state index < -0.39 is 0 Å². The van der Waals surface area contributed by atoms with E-state index in [0.29, 0.717) is 38.5 Å². The maximum Gasteiger partial charge on any atom is 0.244 e. The molecule has 1 saturated heterocycles. The fourth-order valence-corrected chi connectivity index (χ4v) is 2.48. The van der Waals surface area contributed by atoms with Crippen molar-refractivity contribution in [1.82, 2.24) is 20.0 Å². The summed E-state index contributed by atoms with van der Waals surface area (Å²) in [5, 5.41) is 10.0. The number of nitrogens with zero attached hydrogens (tertiary/aromatic N) is 3. The minimum atomic E-state index is -0.0929.